The monoisotopic (exact) mass is 412 g/mol. The molecule has 1 saturated heterocycles. The number of thioether (sulfide) groups is 1. The fourth-order valence-corrected chi connectivity index (χ4v) is 3.84. The molecule has 4 rings (SSSR count). The molecule has 1 aliphatic heterocycles. The number of likely N-dealkylation sites (N-methyl/N-ethyl adjacent to an activating group) is 1. The van der Waals surface area contributed by atoms with Gasteiger partial charge in [0.05, 0.1) is 10.6 Å². The Morgan fingerprint density at radius 3 is 2.44 bits per heavy atom. The van der Waals surface area contributed by atoms with Crippen LogP contribution in [0.25, 0.3) is 23.2 Å². The van der Waals surface area contributed by atoms with Crippen LogP contribution in [0.5, 0.6) is 0 Å². The van der Waals surface area contributed by atoms with E-state index in [1.807, 2.05) is 42.5 Å². The molecular weight excluding hydrogens is 400 g/mol. The van der Waals surface area contributed by atoms with Crippen LogP contribution in [0.1, 0.15) is 5.82 Å². The first-order valence-corrected chi connectivity index (χ1v) is 9.63. The van der Waals surface area contributed by atoms with E-state index in [1.165, 1.54) is 16.7 Å². The van der Waals surface area contributed by atoms with Gasteiger partial charge < -0.3 is 0 Å². The summed E-state index contributed by atoms with van der Waals surface area (Å²) in [5, 5.41) is 5.28. The number of amides is 1. The molecular formula is C19H13ClN4OS2. The molecule has 1 fully saturated rings. The summed E-state index contributed by atoms with van der Waals surface area (Å²) < 4.78 is 2.24. The van der Waals surface area contributed by atoms with Crippen molar-refractivity contribution in [2.75, 3.05) is 7.05 Å². The van der Waals surface area contributed by atoms with E-state index < -0.39 is 0 Å². The Morgan fingerprint density at radius 1 is 1.11 bits per heavy atom. The van der Waals surface area contributed by atoms with Crippen LogP contribution in [0, 0.1) is 0 Å². The van der Waals surface area contributed by atoms with Gasteiger partial charge in [0.2, 0.25) is 0 Å². The topological polar surface area (TPSA) is 51.0 Å². The summed E-state index contributed by atoms with van der Waals surface area (Å²) >= 11 is 12.4. The molecule has 134 valence electrons. The van der Waals surface area contributed by atoms with Crippen LogP contribution in [0.2, 0.25) is 5.02 Å². The Balaban J connectivity index is 1.83. The van der Waals surface area contributed by atoms with Gasteiger partial charge in [-0.1, -0.05) is 53.8 Å². The van der Waals surface area contributed by atoms with E-state index in [0.717, 1.165) is 11.3 Å². The van der Waals surface area contributed by atoms with Gasteiger partial charge in [-0.2, -0.15) is 0 Å². The van der Waals surface area contributed by atoms with Crippen molar-refractivity contribution < 1.29 is 4.79 Å². The number of nitrogens with zero attached hydrogens (tertiary/aromatic N) is 4. The van der Waals surface area contributed by atoms with Gasteiger partial charge in [-0.15, -0.1) is 5.10 Å². The van der Waals surface area contributed by atoms with Crippen molar-refractivity contribution in [2.45, 2.75) is 0 Å². The third kappa shape index (κ3) is 3.53. The van der Waals surface area contributed by atoms with Crippen LogP contribution in [-0.2, 0) is 4.79 Å². The zero-order valence-electron chi connectivity index (χ0n) is 14.2. The van der Waals surface area contributed by atoms with Crippen molar-refractivity contribution in [1.29, 1.82) is 0 Å². The van der Waals surface area contributed by atoms with Gasteiger partial charge in [-0.25, -0.2) is 9.67 Å². The fraction of sp³-hybridized carbons (Fsp3) is 0.0526. The van der Waals surface area contributed by atoms with Crippen LogP contribution in [0.3, 0.4) is 0 Å². The summed E-state index contributed by atoms with van der Waals surface area (Å²) in [6.07, 6.45) is 1.72. The Hall–Kier alpha value is -2.48. The molecule has 27 heavy (non-hydrogen) atoms. The number of aromatic nitrogens is 3. The predicted molar refractivity (Wildman–Crippen MR) is 113 cm³/mol. The van der Waals surface area contributed by atoms with Crippen LogP contribution in [0.15, 0.2) is 59.5 Å². The van der Waals surface area contributed by atoms with Crippen LogP contribution >= 0.6 is 35.6 Å². The molecule has 0 unspecified atom stereocenters. The van der Waals surface area contributed by atoms with E-state index in [-0.39, 0.29) is 5.91 Å². The minimum absolute atomic E-state index is 0.138. The normalized spacial score (nSPS) is 15.8. The second kappa shape index (κ2) is 7.26. The van der Waals surface area contributed by atoms with Gasteiger partial charge in [0.15, 0.2) is 11.6 Å². The summed E-state index contributed by atoms with van der Waals surface area (Å²) in [6, 6.07) is 17.0. The Labute approximate surface area is 170 Å². The molecule has 3 aromatic rings. The molecule has 1 aliphatic rings. The molecule has 1 aromatic heterocycles. The molecule has 8 heteroatoms. The van der Waals surface area contributed by atoms with Crippen molar-refractivity contribution in [3.8, 4) is 17.1 Å². The maximum atomic E-state index is 12.4. The lowest BCUT2D eigenvalue weighted by Gasteiger charge is -2.04. The number of carbonyl (C=O) groups is 1. The molecule has 1 amide bonds. The van der Waals surface area contributed by atoms with Gasteiger partial charge in [0.1, 0.15) is 4.32 Å². The summed E-state index contributed by atoms with van der Waals surface area (Å²) in [4.78, 5) is 19.0. The third-order valence-corrected chi connectivity index (χ3v) is 5.72. The minimum Gasteiger partial charge on any atom is -0.296 e. The SMILES string of the molecule is CN1C(=O)/C(=C\c2nc(-c3ccc(Cl)cc3)nn2-c2ccccc2)SC1=S. The Morgan fingerprint density at radius 2 is 1.81 bits per heavy atom. The standard InChI is InChI=1S/C19H13ClN4OS2/c1-23-18(25)15(27-19(23)26)11-16-21-17(12-7-9-13(20)10-8-12)22-24(16)14-5-3-2-4-6-14/h2-11H,1H3/b15-11+. The molecule has 2 heterocycles. The second-order valence-electron chi connectivity index (χ2n) is 5.79. The van der Waals surface area contributed by atoms with Gasteiger partial charge in [-0.05, 0) is 36.4 Å². The van der Waals surface area contributed by atoms with Crippen molar-refractivity contribution in [3.05, 3.63) is 70.3 Å². The molecule has 0 spiro atoms. The van der Waals surface area contributed by atoms with Crippen LogP contribution < -0.4 is 0 Å². The molecule has 0 N–H and O–H groups in total. The van der Waals surface area contributed by atoms with E-state index in [9.17, 15) is 4.79 Å². The van der Waals surface area contributed by atoms with Gasteiger partial charge in [0, 0.05) is 23.7 Å². The lowest BCUT2D eigenvalue weighted by molar-refractivity contribution is -0.121. The molecule has 0 atom stereocenters. The maximum Gasteiger partial charge on any atom is 0.266 e. The average Bonchev–Trinajstić information content (AvgIpc) is 3.20. The summed E-state index contributed by atoms with van der Waals surface area (Å²) in [7, 11) is 1.67. The number of benzene rings is 2. The molecule has 0 aliphatic carbocycles. The molecule has 0 saturated carbocycles. The first-order chi connectivity index (χ1) is 13.0. The van der Waals surface area contributed by atoms with E-state index in [2.05, 4.69) is 10.1 Å². The highest BCUT2D eigenvalue weighted by atomic mass is 35.5. The predicted octanol–water partition coefficient (Wildman–Crippen LogP) is 4.42. The zero-order chi connectivity index (χ0) is 19.0. The average molecular weight is 413 g/mol. The minimum atomic E-state index is -0.138. The number of thiocarbonyl (C=S) groups is 1. The first kappa shape index (κ1) is 17.9. The lowest BCUT2D eigenvalue weighted by Crippen LogP contribution is -2.22. The zero-order valence-corrected chi connectivity index (χ0v) is 16.6. The van der Waals surface area contributed by atoms with Crippen molar-refractivity contribution >= 4 is 51.9 Å². The number of rotatable bonds is 3. The number of halogens is 1. The lowest BCUT2D eigenvalue weighted by atomic mass is 10.2. The van der Waals surface area contributed by atoms with Gasteiger partial charge in [0.25, 0.3) is 5.91 Å². The van der Waals surface area contributed by atoms with Crippen molar-refractivity contribution in [1.82, 2.24) is 19.7 Å². The fourth-order valence-electron chi connectivity index (χ4n) is 2.56. The highest BCUT2D eigenvalue weighted by molar-refractivity contribution is 8.26. The largest absolute Gasteiger partial charge is 0.296 e. The number of hydrogen-bond acceptors (Lipinski definition) is 5. The Bertz CT molecular complexity index is 1060. The number of para-hydroxylation sites is 1. The van der Waals surface area contributed by atoms with Gasteiger partial charge >= 0.3 is 0 Å². The quantitative estimate of drug-likeness (QED) is 0.471. The molecule has 0 bridgehead atoms. The van der Waals surface area contributed by atoms with E-state index >= 15 is 0 Å². The highest BCUT2D eigenvalue weighted by Crippen LogP contribution is 2.32. The van der Waals surface area contributed by atoms with Crippen LogP contribution in [-0.4, -0.2) is 36.9 Å². The van der Waals surface area contributed by atoms with Gasteiger partial charge in [-0.3, -0.25) is 9.69 Å². The second-order valence-corrected chi connectivity index (χ2v) is 7.90. The van der Waals surface area contributed by atoms with E-state index in [4.69, 9.17) is 23.8 Å². The van der Waals surface area contributed by atoms with Crippen LogP contribution in [0.4, 0.5) is 0 Å². The third-order valence-electron chi connectivity index (χ3n) is 3.98. The molecule has 0 radical (unpaired) electrons. The number of carbonyl (C=O) groups excluding carboxylic acids is 1. The Kier molecular flexibility index (Phi) is 4.82. The summed E-state index contributed by atoms with van der Waals surface area (Å²) in [5.74, 6) is 0.967. The molecule has 2 aromatic carbocycles. The highest BCUT2D eigenvalue weighted by Gasteiger charge is 2.29. The summed E-state index contributed by atoms with van der Waals surface area (Å²) in [6.45, 7) is 0. The van der Waals surface area contributed by atoms with Crippen molar-refractivity contribution in [3.63, 3.8) is 0 Å². The summed E-state index contributed by atoms with van der Waals surface area (Å²) in [5.41, 5.74) is 1.69. The van der Waals surface area contributed by atoms with E-state index in [0.29, 0.717) is 25.9 Å². The van der Waals surface area contributed by atoms with Crippen molar-refractivity contribution in [2.24, 2.45) is 0 Å². The maximum absolute atomic E-state index is 12.4. The van der Waals surface area contributed by atoms with E-state index in [1.54, 1.807) is 29.9 Å². The number of hydrogen-bond donors (Lipinski definition) is 0. The first-order valence-electron chi connectivity index (χ1n) is 8.03. The molecule has 5 nitrogen and oxygen atoms in total. The smallest absolute Gasteiger partial charge is 0.266 e.